The summed E-state index contributed by atoms with van der Waals surface area (Å²) in [7, 11) is 0. The third-order valence-corrected chi connectivity index (χ3v) is 11.5. The van der Waals surface area contributed by atoms with Crippen molar-refractivity contribution in [3.05, 3.63) is 63.4 Å². The normalized spacial score (nSPS) is 27.3. The highest BCUT2D eigenvalue weighted by atomic mass is 35.5. The maximum atomic E-state index is 14.8. The molecule has 2 amide bonds. The van der Waals surface area contributed by atoms with Gasteiger partial charge >= 0.3 is 0 Å². The Morgan fingerprint density at radius 3 is 2.40 bits per heavy atom. The first-order chi connectivity index (χ1) is 22.4. The van der Waals surface area contributed by atoms with Crippen molar-refractivity contribution >= 4 is 40.7 Å². The molecule has 2 heterocycles. The molecule has 1 spiro atoms. The minimum Gasteiger partial charge on any atom is -0.348 e. The average molecular weight is 681 g/mol. The summed E-state index contributed by atoms with van der Waals surface area (Å²) in [6.07, 6.45) is 17.4. The van der Waals surface area contributed by atoms with E-state index in [9.17, 15) is 9.59 Å². The molecule has 1 aromatic carbocycles. The third kappa shape index (κ3) is 7.21. The number of tetrazole rings is 1. The first kappa shape index (κ1) is 33.8. The zero-order valence-electron chi connectivity index (χ0n) is 28.0. The summed E-state index contributed by atoms with van der Waals surface area (Å²) in [5, 5.41) is 17.8. The molecule has 1 aromatic heterocycles. The molecule has 2 fully saturated rings. The lowest BCUT2D eigenvalue weighted by Crippen LogP contribution is -2.55. The average Bonchev–Trinajstić information content (AvgIpc) is 3.79. The Labute approximate surface area is 288 Å². The van der Waals surface area contributed by atoms with E-state index >= 15 is 0 Å². The second-order valence-corrected chi connectivity index (χ2v) is 16.2. The van der Waals surface area contributed by atoms with Gasteiger partial charge in [0.2, 0.25) is 5.91 Å². The van der Waals surface area contributed by atoms with Gasteiger partial charge in [-0.25, -0.2) is 0 Å². The Kier molecular flexibility index (Phi) is 9.69. The molecular formula is C36H47Cl2N7O2. The van der Waals surface area contributed by atoms with Crippen LogP contribution in [0.15, 0.2) is 47.0 Å². The summed E-state index contributed by atoms with van der Waals surface area (Å²) in [4.78, 5) is 35.6. The van der Waals surface area contributed by atoms with Gasteiger partial charge in [0.25, 0.3) is 5.91 Å². The molecule has 0 saturated heterocycles. The van der Waals surface area contributed by atoms with Crippen LogP contribution in [-0.2, 0) is 16.1 Å². The fraction of sp³-hybridized carbons (Fsp3) is 0.611. The first-order valence-electron chi connectivity index (χ1n) is 17.2. The molecule has 2 atom stereocenters. The highest BCUT2D eigenvalue weighted by Crippen LogP contribution is 2.49. The molecule has 1 aliphatic heterocycles. The number of nitrogens with one attached hydrogen (secondary N) is 2. The molecule has 9 nitrogen and oxygen atoms in total. The van der Waals surface area contributed by atoms with Crippen LogP contribution in [0.25, 0.3) is 0 Å². The second kappa shape index (κ2) is 13.5. The molecule has 2 aromatic rings. The van der Waals surface area contributed by atoms with Gasteiger partial charge < -0.3 is 10.2 Å². The lowest BCUT2D eigenvalue weighted by molar-refractivity contribution is -0.132. The molecule has 0 bridgehead atoms. The number of carbonyl (C=O) groups excluding carboxylic acids is 2. The quantitative estimate of drug-likeness (QED) is 0.283. The molecule has 2 saturated carbocycles. The van der Waals surface area contributed by atoms with Gasteiger partial charge in [0.1, 0.15) is 11.4 Å². The number of rotatable bonds is 9. The van der Waals surface area contributed by atoms with Crippen molar-refractivity contribution in [2.45, 2.75) is 117 Å². The van der Waals surface area contributed by atoms with E-state index in [1.807, 2.05) is 13.0 Å². The van der Waals surface area contributed by atoms with Gasteiger partial charge in [0, 0.05) is 15.6 Å². The topological polar surface area (TPSA) is 116 Å². The van der Waals surface area contributed by atoms with Crippen LogP contribution < -0.4 is 5.32 Å². The molecule has 1 unspecified atom stereocenters. The number of aromatic amines is 1. The summed E-state index contributed by atoms with van der Waals surface area (Å²) < 4.78 is 0. The van der Waals surface area contributed by atoms with E-state index in [0.29, 0.717) is 45.4 Å². The fourth-order valence-electron chi connectivity index (χ4n) is 8.14. The molecule has 252 valence electrons. The maximum absolute atomic E-state index is 14.8. The number of hydrogen-bond acceptors (Lipinski definition) is 6. The van der Waals surface area contributed by atoms with Crippen molar-refractivity contribution in [3.63, 3.8) is 0 Å². The summed E-state index contributed by atoms with van der Waals surface area (Å²) in [6, 6.07) is 5.13. The zero-order valence-corrected chi connectivity index (χ0v) is 29.5. The minimum absolute atomic E-state index is 0.0607. The lowest BCUT2D eigenvalue weighted by Gasteiger charge is -2.48. The molecule has 6 rings (SSSR count). The van der Waals surface area contributed by atoms with Crippen molar-refractivity contribution < 1.29 is 9.59 Å². The minimum atomic E-state index is -0.736. The smallest absolute Gasteiger partial charge is 0.275 e. The van der Waals surface area contributed by atoms with Crippen molar-refractivity contribution in [2.24, 2.45) is 27.7 Å². The van der Waals surface area contributed by atoms with E-state index in [0.717, 1.165) is 44.1 Å². The molecule has 11 heteroatoms. The van der Waals surface area contributed by atoms with Crippen LogP contribution in [0, 0.1) is 22.7 Å². The number of aromatic nitrogens is 4. The predicted molar refractivity (Wildman–Crippen MR) is 185 cm³/mol. The van der Waals surface area contributed by atoms with Crippen molar-refractivity contribution in [2.75, 3.05) is 0 Å². The number of carbonyl (C=O) groups is 2. The van der Waals surface area contributed by atoms with Gasteiger partial charge in [0.15, 0.2) is 5.82 Å². The van der Waals surface area contributed by atoms with E-state index in [-0.39, 0.29) is 29.8 Å². The molecule has 3 aliphatic carbocycles. The first-order valence-corrected chi connectivity index (χ1v) is 17.9. The van der Waals surface area contributed by atoms with Crippen LogP contribution in [-0.4, -0.2) is 54.8 Å². The van der Waals surface area contributed by atoms with Crippen molar-refractivity contribution in [3.8, 4) is 0 Å². The fourth-order valence-corrected chi connectivity index (χ4v) is 8.67. The zero-order chi connectivity index (χ0) is 33.4. The highest BCUT2D eigenvalue weighted by molar-refractivity contribution is 6.48. The van der Waals surface area contributed by atoms with Gasteiger partial charge in [-0.15, -0.1) is 10.2 Å². The van der Waals surface area contributed by atoms with Crippen LogP contribution in [0.4, 0.5) is 0 Å². The molecule has 0 radical (unpaired) electrons. The predicted octanol–water partition coefficient (Wildman–Crippen LogP) is 7.62. The Hall–Kier alpha value is -3.04. The monoisotopic (exact) mass is 679 g/mol. The van der Waals surface area contributed by atoms with Crippen LogP contribution in [0.5, 0.6) is 0 Å². The Morgan fingerprint density at radius 1 is 1.11 bits per heavy atom. The number of aliphatic imine (C=N–C) groups is 1. The molecule has 2 N–H and O–H groups in total. The van der Waals surface area contributed by atoms with Gasteiger partial charge in [-0.2, -0.15) is 5.21 Å². The van der Waals surface area contributed by atoms with E-state index in [4.69, 9.17) is 28.2 Å². The van der Waals surface area contributed by atoms with E-state index in [1.54, 1.807) is 18.2 Å². The van der Waals surface area contributed by atoms with Crippen LogP contribution in [0.3, 0.4) is 0 Å². The summed E-state index contributed by atoms with van der Waals surface area (Å²) >= 11 is 12.9. The summed E-state index contributed by atoms with van der Waals surface area (Å²) in [6.45, 7) is 9.08. The van der Waals surface area contributed by atoms with Crippen LogP contribution >= 0.6 is 23.2 Å². The van der Waals surface area contributed by atoms with Crippen molar-refractivity contribution in [1.82, 2.24) is 30.8 Å². The van der Waals surface area contributed by atoms with Crippen LogP contribution in [0.1, 0.15) is 110 Å². The second-order valence-electron chi connectivity index (χ2n) is 15.3. The Balaban J connectivity index is 1.32. The summed E-state index contributed by atoms with van der Waals surface area (Å²) in [5.41, 5.74) is 1.01. The number of benzene rings is 1. The van der Waals surface area contributed by atoms with E-state index in [1.165, 1.54) is 25.7 Å². The number of H-pyrrole nitrogens is 1. The number of allylic oxidation sites excluding steroid dienone is 1. The Morgan fingerprint density at radius 2 is 1.81 bits per heavy atom. The lowest BCUT2D eigenvalue weighted by atomic mass is 9.69. The van der Waals surface area contributed by atoms with Gasteiger partial charge in [-0.05, 0) is 92.9 Å². The number of amides is 2. The van der Waals surface area contributed by atoms with E-state index < -0.39 is 11.1 Å². The SMILES string of the molecule is CC1(C(=O)NCc2nn[nH]n2)C=CC([C@@H](CCC2CCCC2)N2C(=O)C(c3cc(Cl)cc(Cl)c3)=NC23CCC(C(C)(C)C)CC3)=CC1. The van der Waals surface area contributed by atoms with Crippen LogP contribution in [0.2, 0.25) is 10.0 Å². The van der Waals surface area contributed by atoms with Crippen molar-refractivity contribution in [1.29, 1.82) is 0 Å². The number of nitrogens with zero attached hydrogens (tertiary/aromatic N) is 5. The highest BCUT2D eigenvalue weighted by Gasteiger charge is 2.53. The number of hydrogen-bond donors (Lipinski definition) is 2. The third-order valence-electron chi connectivity index (χ3n) is 11.1. The Bertz CT molecular complexity index is 1540. The maximum Gasteiger partial charge on any atom is 0.275 e. The van der Waals surface area contributed by atoms with E-state index in [2.05, 4.69) is 63.8 Å². The molecule has 47 heavy (non-hydrogen) atoms. The molecular weight excluding hydrogens is 633 g/mol. The van der Waals surface area contributed by atoms with Gasteiger partial charge in [-0.1, -0.05) is 93.1 Å². The largest absolute Gasteiger partial charge is 0.348 e. The number of halogens is 2. The van der Waals surface area contributed by atoms with Gasteiger partial charge in [-0.3, -0.25) is 14.6 Å². The standard InChI is InChI=1S/C36H47Cl2N7O2/c1-34(2,3)26-13-17-36(18-14-26)40-31(25-19-27(37)21-28(38)20-25)32(46)45(36)29(10-9-23-7-5-6-8-23)24-11-15-35(4,16-12-24)33(47)39-22-30-41-43-44-42-30/h11-12,15,19-21,23,26,29H,5-10,13-14,16-18,22H2,1-4H3,(H,39,47)(H,41,42,43,44)/t26?,29-,35?,36?/m1/s1. The summed E-state index contributed by atoms with van der Waals surface area (Å²) in [5.74, 6) is 1.50. The van der Waals surface area contributed by atoms with Gasteiger partial charge in [0.05, 0.1) is 18.0 Å². The molecule has 4 aliphatic rings.